The molecule has 1 spiro atoms. The fourth-order valence-corrected chi connectivity index (χ4v) is 4.52. The predicted molar refractivity (Wildman–Crippen MR) is 119 cm³/mol. The van der Waals surface area contributed by atoms with Gasteiger partial charge in [0.05, 0.1) is 13.2 Å². The summed E-state index contributed by atoms with van der Waals surface area (Å²) in [5.74, 6) is 1.80. The number of piperidine rings is 1. The van der Waals surface area contributed by atoms with Crippen molar-refractivity contribution >= 4 is 5.91 Å². The van der Waals surface area contributed by atoms with Gasteiger partial charge >= 0.3 is 0 Å². The van der Waals surface area contributed by atoms with E-state index in [1.54, 1.807) is 6.92 Å². The van der Waals surface area contributed by atoms with Crippen molar-refractivity contribution in [2.24, 2.45) is 0 Å². The molecule has 6 heteroatoms. The molecule has 31 heavy (non-hydrogen) atoms. The van der Waals surface area contributed by atoms with E-state index in [9.17, 15) is 4.79 Å². The van der Waals surface area contributed by atoms with Crippen molar-refractivity contribution < 1.29 is 19.4 Å². The van der Waals surface area contributed by atoms with Gasteiger partial charge < -0.3 is 19.5 Å². The third-order valence-electron chi connectivity index (χ3n) is 6.28. The number of ether oxygens (including phenoxy) is 2. The molecule has 0 atom stereocenters. The van der Waals surface area contributed by atoms with Gasteiger partial charge in [0, 0.05) is 51.5 Å². The van der Waals surface area contributed by atoms with Crippen LogP contribution in [0.2, 0.25) is 0 Å². The van der Waals surface area contributed by atoms with Gasteiger partial charge in [-0.3, -0.25) is 9.69 Å². The van der Waals surface area contributed by atoms with Crippen molar-refractivity contribution in [2.45, 2.75) is 45.4 Å². The zero-order valence-electron chi connectivity index (χ0n) is 18.5. The molecule has 1 saturated heterocycles. The second-order valence-corrected chi connectivity index (χ2v) is 8.76. The first-order valence-electron chi connectivity index (χ1n) is 11.1. The maximum absolute atomic E-state index is 12.3. The monoisotopic (exact) mass is 424 g/mol. The van der Waals surface area contributed by atoms with Gasteiger partial charge in [-0.1, -0.05) is 29.8 Å². The lowest BCUT2D eigenvalue weighted by atomic mass is 9.90. The number of fused-ring (bicyclic) bond motifs is 1. The van der Waals surface area contributed by atoms with Crippen LogP contribution in [-0.2, 0) is 17.9 Å². The minimum Gasteiger partial charge on any atom is -0.491 e. The van der Waals surface area contributed by atoms with Crippen molar-refractivity contribution in [3.63, 3.8) is 0 Å². The molecule has 1 N–H and O–H groups in total. The Morgan fingerprint density at radius 2 is 1.90 bits per heavy atom. The molecular weight excluding hydrogens is 392 g/mol. The van der Waals surface area contributed by atoms with Crippen LogP contribution in [0.15, 0.2) is 42.5 Å². The topological polar surface area (TPSA) is 62.2 Å². The average Bonchev–Trinajstić information content (AvgIpc) is 2.92. The molecule has 0 bridgehead atoms. The van der Waals surface area contributed by atoms with E-state index in [4.69, 9.17) is 14.6 Å². The number of carbonyl (C=O) groups excluding carboxylic acids is 1. The van der Waals surface area contributed by atoms with Crippen molar-refractivity contribution in [3.8, 4) is 11.5 Å². The van der Waals surface area contributed by atoms with Gasteiger partial charge in [-0.25, -0.2) is 0 Å². The van der Waals surface area contributed by atoms with Crippen LogP contribution in [0.5, 0.6) is 11.5 Å². The molecule has 2 aliphatic rings. The highest BCUT2D eigenvalue weighted by Gasteiger charge is 2.41. The lowest BCUT2D eigenvalue weighted by molar-refractivity contribution is -0.132. The zero-order valence-corrected chi connectivity index (χ0v) is 18.5. The van der Waals surface area contributed by atoms with Crippen LogP contribution in [0.3, 0.4) is 0 Å². The van der Waals surface area contributed by atoms with E-state index in [1.807, 2.05) is 17.0 Å². The number of hydrogen-bond acceptors (Lipinski definition) is 5. The Bertz CT molecular complexity index is 904. The fourth-order valence-electron chi connectivity index (χ4n) is 4.52. The summed E-state index contributed by atoms with van der Waals surface area (Å²) in [5, 5.41) is 8.87. The number of aliphatic hydroxyl groups excluding tert-OH is 1. The maximum atomic E-state index is 12.3. The number of hydrogen-bond donors (Lipinski definition) is 1. The average molecular weight is 425 g/mol. The van der Waals surface area contributed by atoms with E-state index in [0.29, 0.717) is 19.7 Å². The second-order valence-electron chi connectivity index (χ2n) is 8.76. The number of likely N-dealkylation sites (tertiary alicyclic amines) is 1. The summed E-state index contributed by atoms with van der Waals surface area (Å²) in [4.78, 5) is 16.7. The van der Waals surface area contributed by atoms with E-state index >= 15 is 0 Å². The summed E-state index contributed by atoms with van der Waals surface area (Å²) >= 11 is 0. The molecule has 166 valence electrons. The number of aliphatic hydroxyl groups is 1. The molecule has 0 aromatic heterocycles. The Labute approximate surface area is 184 Å². The Morgan fingerprint density at radius 3 is 2.58 bits per heavy atom. The molecule has 0 saturated carbocycles. The van der Waals surface area contributed by atoms with Crippen LogP contribution in [0.25, 0.3) is 0 Å². The largest absolute Gasteiger partial charge is 0.491 e. The molecule has 0 aliphatic carbocycles. The SMILES string of the molecule is CC(=O)N1Cc2cc(C)ccc2OC2(CCN(Cc3ccc(OCCO)cc3)CC2)C1. The molecule has 2 aromatic rings. The van der Waals surface area contributed by atoms with Gasteiger partial charge in [0.15, 0.2) is 0 Å². The number of carbonyl (C=O) groups is 1. The third kappa shape index (κ3) is 5.20. The molecule has 2 aliphatic heterocycles. The Balaban J connectivity index is 1.42. The quantitative estimate of drug-likeness (QED) is 0.799. The van der Waals surface area contributed by atoms with Gasteiger partial charge in [0.2, 0.25) is 5.91 Å². The number of nitrogens with zero attached hydrogens (tertiary/aromatic N) is 2. The molecule has 1 amide bonds. The van der Waals surface area contributed by atoms with Gasteiger partial charge in [-0.15, -0.1) is 0 Å². The first-order valence-corrected chi connectivity index (χ1v) is 11.1. The normalized spacial score (nSPS) is 18.2. The minimum atomic E-state index is -0.329. The van der Waals surface area contributed by atoms with E-state index in [0.717, 1.165) is 49.5 Å². The predicted octanol–water partition coefficient (Wildman–Crippen LogP) is 3.14. The summed E-state index contributed by atoms with van der Waals surface area (Å²) < 4.78 is 12.1. The molecule has 2 heterocycles. The number of aryl methyl sites for hydroxylation is 1. The van der Waals surface area contributed by atoms with Crippen molar-refractivity contribution in [1.82, 2.24) is 9.80 Å². The first-order chi connectivity index (χ1) is 15.0. The summed E-state index contributed by atoms with van der Waals surface area (Å²) in [6.07, 6.45) is 1.78. The third-order valence-corrected chi connectivity index (χ3v) is 6.28. The van der Waals surface area contributed by atoms with E-state index in [-0.39, 0.29) is 18.1 Å². The summed E-state index contributed by atoms with van der Waals surface area (Å²) in [6.45, 7) is 8.04. The lowest BCUT2D eigenvalue weighted by Crippen LogP contribution is -2.53. The maximum Gasteiger partial charge on any atom is 0.219 e. The number of rotatable bonds is 5. The van der Waals surface area contributed by atoms with Crippen LogP contribution in [0, 0.1) is 6.92 Å². The van der Waals surface area contributed by atoms with Gasteiger partial charge in [-0.05, 0) is 30.7 Å². The van der Waals surface area contributed by atoms with Crippen LogP contribution >= 0.6 is 0 Å². The standard InChI is InChI=1S/C25H32N2O4/c1-19-3-8-24-22(15-19)17-27(20(2)29)18-25(31-24)9-11-26(12-10-25)16-21-4-6-23(7-5-21)30-14-13-28/h3-8,15,28H,9-14,16-18H2,1-2H3. The molecule has 0 unspecified atom stereocenters. The molecule has 2 aromatic carbocycles. The highest BCUT2D eigenvalue weighted by atomic mass is 16.5. The van der Waals surface area contributed by atoms with Crippen molar-refractivity contribution in [2.75, 3.05) is 32.8 Å². The van der Waals surface area contributed by atoms with Crippen LogP contribution < -0.4 is 9.47 Å². The highest BCUT2D eigenvalue weighted by Crippen LogP contribution is 2.36. The highest BCUT2D eigenvalue weighted by molar-refractivity contribution is 5.73. The number of benzene rings is 2. The van der Waals surface area contributed by atoms with Gasteiger partial charge in [0.1, 0.15) is 23.7 Å². The summed E-state index contributed by atoms with van der Waals surface area (Å²) in [5.41, 5.74) is 3.19. The Kier molecular flexibility index (Phi) is 6.49. The van der Waals surface area contributed by atoms with Crippen LogP contribution in [0.4, 0.5) is 0 Å². The van der Waals surface area contributed by atoms with Crippen molar-refractivity contribution in [1.29, 1.82) is 0 Å². The summed E-state index contributed by atoms with van der Waals surface area (Å²) in [7, 11) is 0. The minimum absolute atomic E-state index is 0.0183. The molecule has 4 rings (SSSR count). The zero-order chi connectivity index (χ0) is 21.8. The number of amides is 1. The Hall–Kier alpha value is -2.57. The molecular formula is C25H32N2O4. The molecule has 1 fully saturated rings. The van der Waals surface area contributed by atoms with E-state index in [2.05, 4.69) is 42.2 Å². The summed E-state index contributed by atoms with van der Waals surface area (Å²) in [6, 6.07) is 14.3. The van der Waals surface area contributed by atoms with Crippen molar-refractivity contribution in [3.05, 3.63) is 59.2 Å². The van der Waals surface area contributed by atoms with Crippen LogP contribution in [-0.4, -0.2) is 59.3 Å². The molecule has 6 nitrogen and oxygen atoms in total. The first kappa shape index (κ1) is 21.7. The van der Waals surface area contributed by atoms with Crippen LogP contribution in [0.1, 0.15) is 36.5 Å². The second kappa shape index (κ2) is 9.28. The Morgan fingerprint density at radius 1 is 1.16 bits per heavy atom. The molecule has 0 radical (unpaired) electrons. The lowest BCUT2D eigenvalue weighted by Gasteiger charge is -2.42. The fraction of sp³-hybridized carbons (Fsp3) is 0.480. The van der Waals surface area contributed by atoms with Gasteiger partial charge in [0.25, 0.3) is 0 Å². The van der Waals surface area contributed by atoms with Gasteiger partial charge in [-0.2, -0.15) is 0 Å². The van der Waals surface area contributed by atoms with E-state index < -0.39 is 0 Å². The van der Waals surface area contributed by atoms with E-state index in [1.165, 1.54) is 11.1 Å². The smallest absolute Gasteiger partial charge is 0.219 e.